The van der Waals surface area contributed by atoms with Gasteiger partial charge in [0.15, 0.2) is 11.2 Å². The number of likely N-dealkylation sites (N-methyl/N-ethyl adjacent to an activating group) is 1. The average Bonchev–Trinajstić information content (AvgIpc) is 3.08. The molecule has 0 aliphatic heterocycles. The number of benzene rings is 1. The van der Waals surface area contributed by atoms with E-state index in [4.69, 9.17) is 0 Å². The largest absolute Gasteiger partial charge is 0.340 e. The van der Waals surface area contributed by atoms with Gasteiger partial charge in [0, 0.05) is 27.7 Å². The smallest absolute Gasteiger partial charge is 0.332 e. The summed E-state index contributed by atoms with van der Waals surface area (Å²) < 4.78 is 3.82. The van der Waals surface area contributed by atoms with E-state index in [2.05, 4.69) is 24.0 Å². The second-order valence-electron chi connectivity index (χ2n) is 6.67. The minimum atomic E-state index is -0.462. The summed E-state index contributed by atoms with van der Waals surface area (Å²) in [7, 11) is 4.69. The monoisotopic (exact) mass is 369 g/mol. The molecule has 142 valence electrons. The second-order valence-corrected chi connectivity index (χ2v) is 6.67. The zero-order valence-corrected chi connectivity index (χ0v) is 16.0. The van der Waals surface area contributed by atoms with Crippen molar-refractivity contribution < 1.29 is 4.79 Å². The first-order valence-electron chi connectivity index (χ1n) is 8.76. The Kier molecular flexibility index (Phi) is 4.98. The van der Waals surface area contributed by atoms with E-state index in [9.17, 15) is 14.4 Å². The molecular formula is C19H23N5O3. The number of aromatic nitrogens is 4. The van der Waals surface area contributed by atoms with Crippen molar-refractivity contribution in [2.24, 2.45) is 14.1 Å². The first-order valence-corrected chi connectivity index (χ1v) is 8.76. The number of nitrogens with zero attached hydrogens (tertiary/aromatic N) is 5. The van der Waals surface area contributed by atoms with Crippen molar-refractivity contribution in [1.29, 1.82) is 0 Å². The first-order chi connectivity index (χ1) is 12.8. The molecule has 2 heterocycles. The van der Waals surface area contributed by atoms with Gasteiger partial charge >= 0.3 is 5.69 Å². The summed E-state index contributed by atoms with van der Waals surface area (Å²) in [5.41, 5.74) is 1.89. The molecule has 0 aliphatic carbocycles. The van der Waals surface area contributed by atoms with Gasteiger partial charge in [0.05, 0.1) is 6.33 Å². The number of hydrogen-bond acceptors (Lipinski definition) is 4. The van der Waals surface area contributed by atoms with Crippen LogP contribution in [0.15, 0.2) is 40.2 Å². The van der Waals surface area contributed by atoms with Crippen LogP contribution in [0, 0.1) is 0 Å². The minimum absolute atomic E-state index is 0.0203. The van der Waals surface area contributed by atoms with Crippen molar-refractivity contribution in [2.45, 2.75) is 26.4 Å². The number of hydrogen-bond donors (Lipinski definition) is 0. The van der Waals surface area contributed by atoms with Gasteiger partial charge in [-0.05, 0) is 17.5 Å². The minimum Gasteiger partial charge on any atom is -0.340 e. The van der Waals surface area contributed by atoms with Gasteiger partial charge in [-0.3, -0.25) is 18.7 Å². The lowest BCUT2D eigenvalue weighted by Gasteiger charge is -2.18. The molecule has 3 rings (SSSR count). The molecule has 0 saturated heterocycles. The van der Waals surface area contributed by atoms with Crippen LogP contribution in [0.4, 0.5) is 0 Å². The highest BCUT2D eigenvalue weighted by molar-refractivity contribution is 5.78. The van der Waals surface area contributed by atoms with Gasteiger partial charge in [0.1, 0.15) is 6.54 Å². The predicted molar refractivity (Wildman–Crippen MR) is 103 cm³/mol. The van der Waals surface area contributed by atoms with E-state index < -0.39 is 11.2 Å². The van der Waals surface area contributed by atoms with E-state index in [0.717, 1.165) is 16.6 Å². The van der Waals surface area contributed by atoms with E-state index in [1.165, 1.54) is 28.1 Å². The Morgan fingerprint density at radius 3 is 2.33 bits per heavy atom. The van der Waals surface area contributed by atoms with Gasteiger partial charge in [-0.1, -0.05) is 31.2 Å². The Hall–Kier alpha value is -3.16. The summed E-state index contributed by atoms with van der Waals surface area (Å²) in [6.45, 7) is 2.56. The van der Waals surface area contributed by atoms with Crippen LogP contribution in [-0.4, -0.2) is 36.5 Å². The SMILES string of the molecule is CCc1ccc(CN(C)C(=O)Cn2cnc3c2c(=O)n(C)c(=O)n3C)cc1. The summed E-state index contributed by atoms with van der Waals surface area (Å²) in [6.07, 6.45) is 2.40. The maximum atomic E-state index is 12.6. The number of amides is 1. The number of imidazole rings is 1. The van der Waals surface area contributed by atoms with Crippen LogP contribution in [0.5, 0.6) is 0 Å². The summed E-state index contributed by atoms with van der Waals surface area (Å²) in [4.78, 5) is 42.8. The molecule has 27 heavy (non-hydrogen) atoms. The van der Waals surface area contributed by atoms with Crippen molar-refractivity contribution in [2.75, 3.05) is 7.05 Å². The fourth-order valence-electron chi connectivity index (χ4n) is 3.03. The molecular weight excluding hydrogens is 346 g/mol. The standard InChI is InChI=1S/C19H23N5O3/c1-5-13-6-8-14(9-7-13)10-21(2)15(25)11-24-12-20-17-16(24)18(26)23(4)19(27)22(17)3/h6-9,12H,5,10-11H2,1-4H3. The third kappa shape index (κ3) is 3.42. The van der Waals surface area contributed by atoms with Crippen molar-refractivity contribution in [3.8, 4) is 0 Å². The number of carbonyl (C=O) groups is 1. The number of fused-ring (bicyclic) bond motifs is 1. The summed E-state index contributed by atoms with van der Waals surface area (Å²) in [5, 5.41) is 0. The molecule has 8 heteroatoms. The highest BCUT2D eigenvalue weighted by atomic mass is 16.2. The molecule has 0 atom stereocenters. The summed E-state index contributed by atoms with van der Waals surface area (Å²) in [5.74, 6) is -0.148. The molecule has 3 aromatic rings. The summed E-state index contributed by atoms with van der Waals surface area (Å²) >= 11 is 0. The van der Waals surface area contributed by atoms with Gasteiger partial charge in [0.2, 0.25) is 5.91 Å². The Bertz CT molecular complexity index is 1110. The lowest BCUT2D eigenvalue weighted by Crippen LogP contribution is -2.38. The van der Waals surface area contributed by atoms with Crippen molar-refractivity contribution in [3.05, 3.63) is 62.6 Å². The van der Waals surface area contributed by atoms with Crippen LogP contribution in [0.25, 0.3) is 11.2 Å². The number of aryl methyl sites for hydroxylation is 2. The summed E-state index contributed by atoms with van der Waals surface area (Å²) in [6, 6.07) is 8.14. The fourth-order valence-corrected chi connectivity index (χ4v) is 3.03. The van der Waals surface area contributed by atoms with Crippen LogP contribution >= 0.6 is 0 Å². The van der Waals surface area contributed by atoms with E-state index >= 15 is 0 Å². The molecule has 0 spiro atoms. The van der Waals surface area contributed by atoms with E-state index in [0.29, 0.717) is 6.54 Å². The van der Waals surface area contributed by atoms with E-state index in [-0.39, 0.29) is 23.6 Å². The first kappa shape index (κ1) is 18.6. The van der Waals surface area contributed by atoms with Gasteiger partial charge in [-0.2, -0.15) is 0 Å². The molecule has 0 fully saturated rings. The van der Waals surface area contributed by atoms with Crippen molar-refractivity contribution in [3.63, 3.8) is 0 Å². The van der Waals surface area contributed by atoms with Crippen molar-refractivity contribution >= 4 is 17.1 Å². The third-order valence-electron chi connectivity index (χ3n) is 4.80. The molecule has 0 N–H and O–H groups in total. The number of carbonyl (C=O) groups excluding carboxylic acids is 1. The Morgan fingerprint density at radius 2 is 1.70 bits per heavy atom. The van der Waals surface area contributed by atoms with Gasteiger partial charge in [-0.25, -0.2) is 9.78 Å². The van der Waals surface area contributed by atoms with Crippen LogP contribution < -0.4 is 11.2 Å². The molecule has 0 unspecified atom stereocenters. The van der Waals surface area contributed by atoms with Crippen LogP contribution in [0.3, 0.4) is 0 Å². The van der Waals surface area contributed by atoms with Gasteiger partial charge in [0.25, 0.3) is 5.56 Å². The van der Waals surface area contributed by atoms with Crippen molar-refractivity contribution in [1.82, 2.24) is 23.6 Å². The third-order valence-corrected chi connectivity index (χ3v) is 4.80. The zero-order valence-electron chi connectivity index (χ0n) is 16.0. The molecule has 0 radical (unpaired) electrons. The lowest BCUT2D eigenvalue weighted by atomic mass is 10.1. The Labute approximate surface area is 156 Å². The molecule has 1 amide bonds. The molecule has 8 nitrogen and oxygen atoms in total. The fraction of sp³-hybridized carbons (Fsp3) is 0.368. The molecule has 1 aromatic carbocycles. The van der Waals surface area contributed by atoms with Crippen LogP contribution in [0.2, 0.25) is 0 Å². The normalized spacial score (nSPS) is 11.1. The van der Waals surface area contributed by atoms with Crippen LogP contribution in [0.1, 0.15) is 18.1 Å². The van der Waals surface area contributed by atoms with Gasteiger partial charge < -0.3 is 9.47 Å². The maximum Gasteiger partial charge on any atom is 0.332 e. The van der Waals surface area contributed by atoms with Gasteiger partial charge in [-0.15, -0.1) is 0 Å². The van der Waals surface area contributed by atoms with E-state index in [1.807, 2.05) is 12.1 Å². The molecule has 0 saturated carbocycles. The zero-order chi connectivity index (χ0) is 19.7. The lowest BCUT2D eigenvalue weighted by molar-refractivity contribution is -0.131. The highest BCUT2D eigenvalue weighted by Crippen LogP contribution is 2.09. The second kappa shape index (κ2) is 7.22. The molecule has 0 bridgehead atoms. The predicted octanol–water partition coefficient (Wildman–Crippen LogP) is 0.655. The average molecular weight is 369 g/mol. The maximum absolute atomic E-state index is 12.6. The Morgan fingerprint density at radius 1 is 1.07 bits per heavy atom. The number of rotatable bonds is 5. The topological polar surface area (TPSA) is 82.1 Å². The molecule has 0 aliphatic rings. The Balaban J connectivity index is 1.83. The van der Waals surface area contributed by atoms with E-state index in [1.54, 1.807) is 19.0 Å². The highest BCUT2D eigenvalue weighted by Gasteiger charge is 2.17. The quantitative estimate of drug-likeness (QED) is 0.661. The van der Waals surface area contributed by atoms with Crippen LogP contribution in [-0.2, 0) is 38.4 Å². The molecule has 2 aromatic heterocycles.